The fourth-order valence-corrected chi connectivity index (χ4v) is 2.82. The molecule has 1 aromatic rings. The Morgan fingerprint density at radius 1 is 1.45 bits per heavy atom. The van der Waals surface area contributed by atoms with Crippen LogP contribution in [0.3, 0.4) is 0 Å². The SMILES string of the molecule is C=CC(CCC)c1ccccc1C1(C)OC(C(=O)O)=CC1=O. The summed E-state index contributed by atoms with van der Waals surface area (Å²) in [5.74, 6) is -1.80. The highest BCUT2D eigenvalue weighted by molar-refractivity contribution is 6.05. The molecular weight excluding hydrogens is 280 g/mol. The van der Waals surface area contributed by atoms with Gasteiger partial charge < -0.3 is 9.84 Å². The number of carboxylic acid groups (broad SMARTS) is 1. The van der Waals surface area contributed by atoms with E-state index in [0.717, 1.165) is 24.5 Å². The lowest BCUT2D eigenvalue weighted by atomic mass is 9.82. The number of benzene rings is 1. The van der Waals surface area contributed by atoms with E-state index in [1.54, 1.807) is 6.92 Å². The van der Waals surface area contributed by atoms with Gasteiger partial charge in [0.25, 0.3) is 0 Å². The Morgan fingerprint density at radius 2 is 2.14 bits per heavy atom. The molecular formula is C18H20O4. The van der Waals surface area contributed by atoms with Crippen molar-refractivity contribution >= 4 is 11.8 Å². The second-order valence-electron chi connectivity index (χ2n) is 5.53. The van der Waals surface area contributed by atoms with Crippen molar-refractivity contribution in [1.29, 1.82) is 0 Å². The van der Waals surface area contributed by atoms with Crippen molar-refractivity contribution < 1.29 is 19.4 Å². The number of carbonyl (C=O) groups excluding carboxylic acids is 1. The van der Waals surface area contributed by atoms with Gasteiger partial charge in [-0.2, -0.15) is 0 Å². The van der Waals surface area contributed by atoms with E-state index >= 15 is 0 Å². The van der Waals surface area contributed by atoms with Crippen LogP contribution < -0.4 is 0 Å². The first-order valence-corrected chi connectivity index (χ1v) is 7.34. The van der Waals surface area contributed by atoms with Crippen molar-refractivity contribution in [2.75, 3.05) is 0 Å². The van der Waals surface area contributed by atoms with E-state index < -0.39 is 11.6 Å². The third-order valence-corrected chi connectivity index (χ3v) is 4.02. The van der Waals surface area contributed by atoms with Crippen molar-refractivity contribution in [2.45, 2.75) is 38.2 Å². The molecule has 0 spiro atoms. The van der Waals surface area contributed by atoms with E-state index in [2.05, 4.69) is 13.5 Å². The van der Waals surface area contributed by atoms with Gasteiger partial charge in [-0.15, -0.1) is 6.58 Å². The summed E-state index contributed by atoms with van der Waals surface area (Å²) in [5.41, 5.74) is 0.361. The summed E-state index contributed by atoms with van der Waals surface area (Å²) < 4.78 is 5.50. The lowest BCUT2D eigenvalue weighted by molar-refractivity contribution is -0.141. The van der Waals surface area contributed by atoms with Gasteiger partial charge in [0.2, 0.25) is 11.5 Å². The quantitative estimate of drug-likeness (QED) is 0.816. The maximum absolute atomic E-state index is 12.3. The van der Waals surface area contributed by atoms with Crippen molar-refractivity contribution in [2.24, 2.45) is 0 Å². The molecule has 116 valence electrons. The molecule has 1 N–H and O–H groups in total. The molecule has 0 bridgehead atoms. The molecule has 1 aliphatic heterocycles. The first-order valence-electron chi connectivity index (χ1n) is 7.34. The third-order valence-electron chi connectivity index (χ3n) is 4.02. The number of carboxylic acids is 1. The first-order chi connectivity index (χ1) is 10.4. The molecule has 0 radical (unpaired) electrons. The smallest absolute Gasteiger partial charge is 0.371 e. The van der Waals surface area contributed by atoms with Gasteiger partial charge in [-0.05, 0) is 18.9 Å². The van der Waals surface area contributed by atoms with Crippen LogP contribution in [0.2, 0.25) is 0 Å². The fourth-order valence-electron chi connectivity index (χ4n) is 2.82. The van der Waals surface area contributed by atoms with E-state index in [1.807, 2.05) is 30.3 Å². The highest BCUT2D eigenvalue weighted by Gasteiger charge is 2.45. The minimum Gasteiger partial charge on any atom is -0.475 e. The topological polar surface area (TPSA) is 63.6 Å². The van der Waals surface area contributed by atoms with Gasteiger partial charge in [0.1, 0.15) is 0 Å². The van der Waals surface area contributed by atoms with Crippen molar-refractivity contribution in [3.63, 3.8) is 0 Å². The molecule has 4 nitrogen and oxygen atoms in total. The van der Waals surface area contributed by atoms with Crippen LogP contribution >= 0.6 is 0 Å². The monoisotopic (exact) mass is 300 g/mol. The van der Waals surface area contributed by atoms with Crippen molar-refractivity contribution in [3.8, 4) is 0 Å². The molecule has 0 saturated heterocycles. The van der Waals surface area contributed by atoms with E-state index in [9.17, 15) is 9.59 Å². The van der Waals surface area contributed by atoms with Crippen molar-refractivity contribution in [3.05, 3.63) is 59.9 Å². The highest BCUT2D eigenvalue weighted by Crippen LogP contribution is 2.39. The average Bonchev–Trinajstić information content (AvgIpc) is 2.82. The molecule has 2 unspecified atom stereocenters. The maximum Gasteiger partial charge on any atom is 0.371 e. The Kier molecular flexibility index (Phi) is 4.50. The van der Waals surface area contributed by atoms with E-state index in [4.69, 9.17) is 9.84 Å². The minimum atomic E-state index is -1.29. The van der Waals surface area contributed by atoms with Crippen LogP contribution in [0.15, 0.2) is 48.8 Å². The number of carbonyl (C=O) groups is 2. The molecule has 1 aromatic carbocycles. The van der Waals surface area contributed by atoms with Gasteiger partial charge in [-0.1, -0.05) is 43.7 Å². The van der Waals surface area contributed by atoms with Crippen LogP contribution in [-0.2, 0) is 19.9 Å². The van der Waals surface area contributed by atoms with E-state index in [-0.39, 0.29) is 17.5 Å². The Balaban J connectivity index is 2.48. The van der Waals surface area contributed by atoms with Gasteiger partial charge in [0.05, 0.1) is 0 Å². The Hall–Kier alpha value is -2.36. The van der Waals surface area contributed by atoms with Crippen LogP contribution in [0.5, 0.6) is 0 Å². The molecule has 22 heavy (non-hydrogen) atoms. The Labute approximate surface area is 130 Å². The Morgan fingerprint density at radius 3 is 2.68 bits per heavy atom. The van der Waals surface area contributed by atoms with Crippen LogP contribution in [0.25, 0.3) is 0 Å². The van der Waals surface area contributed by atoms with Crippen molar-refractivity contribution in [1.82, 2.24) is 0 Å². The lowest BCUT2D eigenvalue weighted by Gasteiger charge is -2.28. The number of allylic oxidation sites excluding steroid dienone is 1. The molecule has 1 aliphatic rings. The van der Waals surface area contributed by atoms with Gasteiger partial charge in [0, 0.05) is 17.6 Å². The molecule has 0 aliphatic carbocycles. The van der Waals surface area contributed by atoms with Crippen LogP contribution in [0, 0.1) is 0 Å². The normalized spacial score (nSPS) is 21.9. The van der Waals surface area contributed by atoms with Gasteiger partial charge in [0.15, 0.2) is 5.60 Å². The van der Waals surface area contributed by atoms with E-state index in [0.29, 0.717) is 5.56 Å². The molecule has 4 heteroatoms. The van der Waals surface area contributed by atoms with Gasteiger partial charge >= 0.3 is 5.97 Å². The van der Waals surface area contributed by atoms with Gasteiger partial charge in [-0.3, -0.25) is 4.79 Å². The molecule has 0 fully saturated rings. The maximum atomic E-state index is 12.3. The summed E-state index contributed by atoms with van der Waals surface area (Å²) in [7, 11) is 0. The summed E-state index contributed by atoms with van der Waals surface area (Å²) in [6.45, 7) is 7.58. The standard InChI is InChI=1S/C18H20O4/c1-4-8-12(5-2)13-9-6-7-10-14(13)18(3)16(19)11-15(22-18)17(20)21/h5-7,9-12H,2,4,8H2,1,3H3,(H,20,21). The zero-order valence-corrected chi connectivity index (χ0v) is 12.8. The third kappa shape index (κ3) is 2.69. The first kappa shape index (κ1) is 16.0. The summed E-state index contributed by atoms with van der Waals surface area (Å²) in [5, 5.41) is 9.06. The summed E-state index contributed by atoms with van der Waals surface area (Å²) in [4.78, 5) is 23.4. The number of ether oxygens (including phenoxy) is 1. The molecule has 0 amide bonds. The van der Waals surface area contributed by atoms with E-state index in [1.165, 1.54) is 0 Å². The zero-order valence-electron chi connectivity index (χ0n) is 12.8. The average molecular weight is 300 g/mol. The highest BCUT2D eigenvalue weighted by atomic mass is 16.5. The largest absolute Gasteiger partial charge is 0.475 e. The predicted molar refractivity (Wildman–Crippen MR) is 83.5 cm³/mol. The number of ketones is 1. The minimum absolute atomic E-state index is 0.100. The second-order valence-corrected chi connectivity index (χ2v) is 5.53. The van der Waals surface area contributed by atoms with Crippen LogP contribution in [0.4, 0.5) is 0 Å². The molecule has 2 atom stereocenters. The number of hydrogen-bond donors (Lipinski definition) is 1. The zero-order chi connectivity index (χ0) is 16.3. The lowest BCUT2D eigenvalue weighted by Crippen LogP contribution is -2.31. The number of rotatable bonds is 6. The fraction of sp³-hybridized carbons (Fsp3) is 0.333. The van der Waals surface area contributed by atoms with Crippen LogP contribution in [0.1, 0.15) is 43.7 Å². The second kappa shape index (κ2) is 6.18. The molecule has 1 heterocycles. The molecule has 0 aromatic heterocycles. The van der Waals surface area contributed by atoms with Crippen LogP contribution in [-0.4, -0.2) is 16.9 Å². The summed E-state index contributed by atoms with van der Waals surface area (Å²) in [6, 6.07) is 7.49. The summed E-state index contributed by atoms with van der Waals surface area (Å²) >= 11 is 0. The molecule has 0 saturated carbocycles. The number of hydrogen-bond acceptors (Lipinski definition) is 3. The van der Waals surface area contributed by atoms with Gasteiger partial charge in [-0.25, -0.2) is 4.79 Å². The predicted octanol–water partition coefficient (Wildman–Crippen LogP) is 3.54. The Bertz CT molecular complexity index is 644. The number of aliphatic carboxylic acids is 1. The summed E-state index contributed by atoms with van der Waals surface area (Å²) in [6.07, 6.45) is 4.80. The molecule has 2 rings (SSSR count).